The molecule has 3 heterocycles. The molecule has 0 aliphatic carbocycles. The molecule has 4 N–H and O–H groups in total. The first-order valence-electron chi connectivity index (χ1n) is 9.43. The Hall–Kier alpha value is -3.13. The van der Waals surface area contributed by atoms with Gasteiger partial charge < -0.3 is 21.1 Å². The monoisotopic (exact) mass is 379 g/mol. The molecule has 0 unspecified atom stereocenters. The maximum absolute atomic E-state index is 6.18. The van der Waals surface area contributed by atoms with Crippen LogP contribution in [0, 0.1) is 0 Å². The lowest BCUT2D eigenvalue weighted by atomic mass is 10.1. The second-order valence-electron chi connectivity index (χ2n) is 7.16. The zero-order valence-electron chi connectivity index (χ0n) is 16.0. The number of nitrogen functional groups attached to an aromatic ring is 2. The van der Waals surface area contributed by atoms with Gasteiger partial charge in [0.05, 0.1) is 23.5 Å². The fourth-order valence-electron chi connectivity index (χ4n) is 3.39. The van der Waals surface area contributed by atoms with Gasteiger partial charge in [-0.2, -0.15) is 5.10 Å². The number of piperidine rings is 1. The molecule has 1 fully saturated rings. The highest BCUT2D eigenvalue weighted by Crippen LogP contribution is 2.30. The number of likely N-dealkylation sites (tertiary alicyclic amines) is 1. The van der Waals surface area contributed by atoms with Crippen molar-refractivity contribution in [2.75, 3.05) is 31.6 Å². The van der Waals surface area contributed by atoms with Crippen molar-refractivity contribution in [1.82, 2.24) is 24.6 Å². The molecule has 0 amide bonds. The van der Waals surface area contributed by atoms with Gasteiger partial charge in [-0.3, -0.25) is 4.68 Å². The topological polar surface area (TPSA) is 108 Å². The van der Waals surface area contributed by atoms with Gasteiger partial charge in [0.25, 0.3) is 5.88 Å². The fraction of sp³-hybridized carbons (Fsp3) is 0.350. The number of aromatic nitrogens is 4. The number of anilines is 2. The van der Waals surface area contributed by atoms with Crippen molar-refractivity contribution in [3.63, 3.8) is 0 Å². The van der Waals surface area contributed by atoms with Gasteiger partial charge >= 0.3 is 0 Å². The Kier molecular flexibility index (Phi) is 5.12. The van der Waals surface area contributed by atoms with Gasteiger partial charge in [0.1, 0.15) is 6.61 Å². The van der Waals surface area contributed by atoms with Crippen LogP contribution in [0.4, 0.5) is 11.6 Å². The molecule has 3 aromatic rings. The molecule has 8 heteroatoms. The minimum Gasteiger partial charge on any atom is -0.470 e. The summed E-state index contributed by atoms with van der Waals surface area (Å²) in [7, 11) is 2.14. The van der Waals surface area contributed by atoms with Gasteiger partial charge in [-0.25, -0.2) is 9.97 Å². The van der Waals surface area contributed by atoms with E-state index in [-0.39, 0.29) is 5.82 Å². The van der Waals surface area contributed by atoms with E-state index in [1.54, 1.807) is 6.20 Å². The zero-order chi connectivity index (χ0) is 19.5. The van der Waals surface area contributed by atoms with E-state index >= 15 is 0 Å². The fourth-order valence-corrected chi connectivity index (χ4v) is 3.39. The molecule has 4 rings (SSSR count). The number of benzene rings is 1. The largest absolute Gasteiger partial charge is 0.470 e. The third-order valence-electron chi connectivity index (χ3n) is 5.08. The number of nitrogens with zero attached hydrogens (tertiary/aromatic N) is 5. The summed E-state index contributed by atoms with van der Waals surface area (Å²) in [6.45, 7) is 2.48. The van der Waals surface area contributed by atoms with Gasteiger partial charge in [-0.15, -0.1) is 0 Å². The van der Waals surface area contributed by atoms with Gasteiger partial charge in [-0.05, 0) is 38.5 Å². The Morgan fingerprint density at radius 3 is 2.61 bits per heavy atom. The molecule has 0 bridgehead atoms. The van der Waals surface area contributed by atoms with E-state index in [0.29, 0.717) is 30.0 Å². The van der Waals surface area contributed by atoms with Gasteiger partial charge in [0.15, 0.2) is 11.6 Å². The summed E-state index contributed by atoms with van der Waals surface area (Å²) in [5, 5.41) is 4.52. The Bertz CT molecular complexity index is 933. The average molecular weight is 379 g/mol. The quantitative estimate of drug-likeness (QED) is 0.700. The van der Waals surface area contributed by atoms with E-state index in [0.717, 1.165) is 37.1 Å². The number of hydrogen-bond acceptors (Lipinski definition) is 7. The molecule has 0 saturated carbocycles. The standard InChI is InChI=1S/C20H25N7O/c1-26-9-7-15(8-10-26)27-12-16(18(21)25-27)17-11-23-19(22)20(24-17)28-13-14-5-3-2-4-6-14/h2-6,11-12,15H,7-10,13H2,1H3,(H2,21,25)(H2,22,23). The average Bonchev–Trinajstić information content (AvgIpc) is 3.10. The minimum absolute atomic E-state index is 0.251. The number of ether oxygens (including phenoxy) is 1. The van der Waals surface area contributed by atoms with E-state index in [2.05, 4.69) is 27.0 Å². The molecular weight excluding hydrogens is 354 g/mol. The molecule has 2 aromatic heterocycles. The second-order valence-corrected chi connectivity index (χ2v) is 7.16. The number of nitrogens with two attached hydrogens (primary N) is 2. The van der Waals surface area contributed by atoms with Gasteiger partial charge in [0.2, 0.25) is 0 Å². The molecule has 146 valence electrons. The summed E-state index contributed by atoms with van der Waals surface area (Å²) < 4.78 is 7.75. The Morgan fingerprint density at radius 1 is 1.11 bits per heavy atom. The Morgan fingerprint density at radius 2 is 1.86 bits per heavy atom. The van der Waals surface area contributed by atoms with Crippen LogP contribution in [0.15, 0.2) is 42.7 Å². The summed E-state index contributed by atoms with van der Waals surface area (Å²) in [5.74, 6) is 0.987. The molecule has 0 spiro atoms. The highest BCUT2D eigenvalue weighted by atomic mass is 16.5. The third-order valence-corrected chi connectivity index (χ3v) is 5.08. The van der Waals surface area contributed by atoms with Crippen molar-refractivity contribution >= 4 is 11.6 Å². The lowest BCUT2D eigenvalue weighted by Gasteiger charge is -2.28. The SMILES string of the molecule is CN1CCC(n2cc(-c3cnc(N)c(OCc4ccccc4)n3)c(N)n2)CC1. The molecule has 0 radical (unpaired) electrons. The van der Waals surface area contributed by atoms with Crippen LogP contribution >= 0.6 is 0 Å². The summed E-state index contributed by atoms with van der Waals surface area (Å²) in [4.78, 5) is 11.1. The first-order valence-corrected chi connectivity index (χ1v) is 9.43. The molecular formula is C20H25N7O. The smallest absolute Gasteiger partial charge is 0.258 e. The molecule has 1 saturated heterocycles. The maximum Gasteiger partial charge on any atom is 0.258 e. The lowest BCUT2D eigenvalue weighted by molar-refractivity contribution is 0.212. The van der Waals surface area contributed by atoms with Crippen molar-refractivity contribution in [1.29, 1.82) is 0 Å². The van der Waals surface area contributed by atoms with E-state index in [4.69, 9.17) is 16.2 Å². The van der Waals surface area contributed by atoms with Gasteiger partial charge in [-0.1, -0.05) is 30.3 Å². The van der Waals surface area contributed by atoms with Crippen LogP contribution in [-0.4, -0.2) is 44.8 Å². The third kappa shape index (κ3) is 3.91. The Labute approximate surface area is 164 Å². The van der Waals surface area contributed by atoms with Crippen molar-refractivity contribution < 1.29 is 4.74 Å². The van der Waals surface area contributed by atoms with Crippen LogP contribution in [-0.2, 0) is 6.61 Å². The van der Waals surface area contributed by atoms with Crippen LogP contribution in [0.1, 0.15) is 24.4 Å². The summed E-state index contributed by atoms with van der Waals surface area (Å²) in [6, 6.07) is 10.2. The van der Waals surface area contributed by atoms with Crippen molar-refractivity contribution in [2.45, 2.75) is 25.5 Å². The van der Waals surface area contributed by atoms with Crippen LogP contribution in [0.5, 0.6) is 5.88 Å². The summed E-state index contributed by atoms with van der Waals surface area (Å²) in [6.07, 6.45) is 5.66. The molecule has 0 atom stereocenters. The van der Waals surface area contributed by atoms with E-state index < -0.39 is 0 Å². The number of rotatable bonds is 5. The predicted octanol–water partition coefficient (Wildman–Crippen LogP) is 2.35. The van der Waals surface area contributed by atoms with E-state index in [1.807, 2.05) is 41.2 Å². The van der Waals surface area contributed by atoms with Gasteiger partial charge in [0, 0.05) is 6.20 Å². The van der Waals surface area contributed by atoms with E-state index in [9.17, 15) is 0 Å². The van der Waals surface area contributed by atoms with Crippen molar-refractivity contribution in [2.24, 2.45) is 0 Å². The predicted molar refractivity (Wildman–Crippen MR) is 109 cm³/mol. The second kappa shape index (κ2) is 7.85. The van der Waals surface area contributed by atoms with Crippen molar-refractivity contribution in [3.05, 3.63) is 48.3 Å². The molecule has 1 aliphatic heterocycles. The highest BCUT2D eigenvalue weighted by Gasteiger charge is 2.21. The highest BCUT2D eigenvalue weighted by molar-refractivity contribution is 5.70. The van der Waals surface area contributed by atoms with E-state index in [1.165, 1.54) is 0 Å². The Balaban J connectivity index is 1.54. The van der Waals surface area contributed by atoms with Crippen LogP contribution < -0.4 is 16.2 Å². The molecule has 28 heavy (non-hydrogen) atoms. The molecule has 1 aromatic carbocycles. The minimum atomic E-state index is 0.251. The number of hydrogen-bond donors (Lipinski definition) is 2. The zero-order valence-corrected chi connectivity index (χ0v) is 16.0. The normalized spacial score (nSPS) is 15.6. The lowest BCUT2D eigenvalue weighted by Crippen LogP contribution is -2.31. The first kappa shape index (κ1) is 18.2. The first-order chi connectivity index (χ1) is 13.6. The molecule has 1 aliphatic rings. The van der Waals surface area contributed by atoms with Crippen LogP contribution in [0.3, 0.4) is 0 Å². The van der Waals surface area contributed by atoms with Crippen LogP contribution in [0.25, 0.3) is 11.3 Å². The van der Waals surface area contributed by atoms with Crippen molar-refractivity contribution in [3.8, 4) is 17.1 Å². The summed E-state index contributed by atoms with van der Waals surface area (Å²) in [5.41, 5.74) is 14.5. The summed E-state index contributed by atoms with van der Waals surface area (Å²) >= 11 is 0. The molecule has 8 nitrogen and oxygen atoms in total. The van der Waals surface area contributed by atoms with Crippen LogP contribution in [0.2, 0.25) is 0 Å². The maximum atomic E-state index is 6.18.